The van der Waals surface area contributed by atoms with Crippen LogP contribution in [0.25, 0.3) is 0 Å². The van der Waals surface area contributed by atoms with Crippen LogP contribution in [0, 0.1) is 5.92 Å². The fourth-order valence-corrected chi connectivity index (χ4v) is 3.42. The van der Waals surface area contributed by atoms with E-state index in [1.54, 1.807) is 0 Å². The van der Waals surface area contributed by atoms with Crippen LogP contribution in [0.3, 0.4) is 0 Å². The molecule has 1 atom stereocenters. The van der Waals surface area contributed by atoms with Crippen LogP contribution in [-0.2, 0) is 9.53 Å². The van der Waals surface area contributed by atoms with Gasteiger partial charge < -0.3 is 15.0 Å². The lowest BCUT2D eigenvalue weighted by Gasteiger charge is -2.37. The molecule has 1 saturated carbocycles. The van der Waals surface area contributed by atoms with Crippen LogP contribution in [0.15, 0.2) is 0 Å². The van der Waals surface area contributed by atoms with Crippen LogP contribution in [0.1, 0.15) is 51.9 Å². The first kappa shape index (κ1) is 15.8. The van der Waals surface area contributed by atoms with Gasteiger partial charge in [-0.05, 0) is 51.5 Å². The van der Waals surface area contributed by atoms with Crippen molar-refractivity contribution in [3.8, 4) is 0 Å². The zero-order valence-electron chi connectivity index (χ0n) is 13.1. The van der Waals surface area contributed by atoms with Crippen LogP contribution in [0.5, 0.6) is 0 Å². The van der Waals surface area contributed by atoms with E-state index >= 15 is 0 Å². The fraction of sp³-hybridized carbons (Fsp3) is 0.938. The molecule has 20 heavy (non-hydrogen) atoms. The Labute approximate surface area is 123 Å². The van der Waals surface area contributed by atoms with Gasteiger partial charge in [0, 0.05) is 25.7 Å². The first-order valence-corrected chi connectivity index (χ1v) is 8.30. The molecule has 0 radical (unpaired) electrons. The Balaban J connectivity index is 1.75. The van der Waals surface area contributed by atoms with E-state index in [-0.39, 0.29) is 5.92 Å². The average molecular weight is 282 g/mol. The van der Waals surface area contributed by atoms with Crippen molar-refractivity contribution in [3.05, 3.63) is 0 Å². The molecular formula is C16H30N2O2. The highest BCUT2D eigenvalue weighted by Crippen LogP contribution is 2.25. The fourth-order valence-electron chi connectivity index (χ4n) is 3.42. The van der Waals surface area contributed by atoms with Crippen molar-refractivity contribution in [2.75, 3.05) is 26.8 Å². The molecule has 1 amide bonds. The minimum absolute atomic E-state index is 0.102. The van der Waals surface area contributed by atoms with E-state index in [0.29, 0.717) is 24.6 Å². The largest absolute Gasteiger partial charge is 0.381 e. The smallest absolute Gasteiger partial charge is 0.228 e. The Morgan fingerprint density at radius 3 is 2.60 bits per heavy atom. The highest BCUT2D eigenvalue weighted by atomic mass is 16.5. The molecule has 1 N–H and O–H groups in total. The second-order valence-electron chi connectivity index (χ2n) is 6.32. The molecule has 1 saturated heterocycles. The maximum Gasteiger partial charge on any atom is 0.228 e. The number of ether oxygens (including phenoxy) is 1. The monoisotopic (exact) mass is 282 g/mol. The Morgan fingerprint density at radius 1 is 1.25 bits per heavy atom. The van der Waals surface area contributed by atoms with Gasteiger partial charge in [0.25, 0.3) is 0 Å². The standard InChI is InChI=1S/C16H30N2O2/c1-3-10-17-14-6-8-15(9-7-14)18(2)16(19)13-5-4-11-20-12-13/h13-15,17H,3-12H2,1-2H3. The van der Waals surface area contributed by atoms with E-state index < -0.39 is 0 Å². The Bertz CT molecular complexity index is 295. The van der Waals surface area contributed by atoms with E-state index in [1.807, 2.05) is 11.9 Å². The molecule has 0 aromatic carbocycles. The van der Waals surface area contributed by atoms with Crippen LogP contribution >= 0.6 is 0 Å². The van der Waals surface area contributed by atoms with Gasteiger partial charge in [-0.1, -0.05) is 6.92 Å². The Kier molecular flexibility index (Phi) is 6.30. The molecule has 2 fully saturated rings. The van der Waals surface area contributed by atoms with Crippen molar-refractivity contribution in [1.82, 2.24) is 10.2 Å². The van der Waals surface area contributed by atoms with E-state index in [0.717, 1.165) is 38.8 Å². The number of hydrogen-bond donors (Lipinski definition) is 1. The normalized spacial score (nSPS) is 31.0. The van der Waals surface area contributed by atoms with Gasteiger partial charge in [0.2, 0.25) is 5.91 Å². The number of carbonyl (C=O) groups excluding carboxylic acids is 1. The van der Waals surface area contributed by atoms with E-state index in [4.69, 9.17) is 4.74 Å². The third kappa shape index (κ3) is 4.19. The van der Waals surface area contributed by atoms with Gasteiger partial charge in [0.1, 0.15) is 0 Å². The lowest BCUT2D eigenvalue weighted by atomic mass is 9.89. The third-order valence-electron chi connectivity index (χ3n) is 4.78. The van der Waals surface area contributed by atoms with Crippen LogP contribution in [0.2, 0.25) is 0 Å². The molecule has 2 aliphatic rings. The second-order valence-corrected chi connectivity index (χ2v) is 6.32. The number of nitrogens with one attached hydrogen (secondary N) is 1. The van der Waals surface area contributed by atoms with Gasteiger partial charge in [-0.2, -0.15) is 0 Å². The predicted molar refractivity (Wildman–Crippen MR) is 80.7 cm³/mol. The molecule has 1 aliphatic carbocycles. The first-order chi connectivity index (χ1) is 9.72. The quantitative estimate of drug-likeness (QED) is 0.840. The summed E-state index contributed by atoms with van der Waals surface area (Å²) < 4.78 is 5.44. The van der Waals surface area contributed by atoms with Gasteiger partial charge in [0.15, 0.2) is 0 Å². The summed E-state index contributed by atoms with van der Waals surface area (Å²) >= 11 is 0. The number of nitrogens with zero attached hydrogens (tertiary/aromatic N) is 1. The maximum atomic E-state index is 12.5. The predicted octanol–water partition coefficient (Wildman–Crippen LogP) is 2.18. The lowest BCUT2D eigenvalue weighted by molar-refractivity contribution is -0.141. The number of carbonyl (C=O) groups is 1. The van der Waals surface area contributed by atoms with Gasteiger partial charge in [-0.3, -0.25) is 4.79 Å². The van der Waals surface area contributed by atoms with E-state index in [2.05, 4.69) is 12.2 Å². The summed E-state index contributed by atoms with van der Waals surface area (Å²) in [5.74, 6) is 0.402. The highest BCUT2D eigenvalue weighted by molar-refractivity contribution is 5.79. The second kappa shape index (κ2) is 7.99. The van der Waals surface area contributed by atoms with Crippen LogP contribution in [-0.4, -0.2) is 49.7 Å². The molecule has 4 heteroatoms. The molecular weight excluding hydrogens is 252 g/mol. The van der Waals surface area contributed by atoms with Gasteiger partial charge in [-0.15, -0.1) is 0 Å². The van der Waals surface area contributed by atoms with E-state index in [1.165, 1.54) is 19.3 Å². The molecule has 1 aliphatic heterocycles. The summed E-state index contributed by atoms with van der Waals surface area (Å²) in [6.07, 6.45) is 7.88. The number of hydrogen-bond acceptors (Lipinski definition) is 3. The summed E-state index contributed by atoms with van der Waals surface area (Å²) in [4.78, 5) is 14.5. The molecule has 0 aromatic heterocycles. The molecule has 2 rings (SSSR count). The highest BCUT2D eigenvalue weighted by Gasteiger charge is 2.30. The average Bonchev–Trinajstić information content (AvgIpc) is 2.53. The number of amides is 1. The topological polar surface area (TPSA) is 41.6 Å². The summed E-state index contributed by atoms with van der Waals surface area (Å²) in [6.45, 7) is 4.76. The first-order valence-electron chi connectivity index (χ1n) is 8.30. The molecule has 0 aromatic rings. The minimum Gasteiger partial charge on any atom is -0.381 e. The summed E-state index contributed by atoms with van der Waals surface area (Å²) in [5, 5.41) is 3.60. The SMILES string of the molecule is CCCNC1CCC(N(C)C(=O)C2CCCOC2)CC1. The van der Waals surface area contributed by atoms with Crippen molar-refractivity contribution in [1.29, 1.82) is 0 Å². The van der Waals surface area contributed by atoms with Gasteiger partial charge in [0.05, 0.1) is 12.5 Å². The van der Waals surface area contributed by atoms with Gasteiger partial charge in [-0.25, -0.2) is 0 Å². The minimum atomic E-state index is 0.102. The van der Waals surface area contributed by atoms with E-state index in [9.17, 15) is 4.79 Å². The van der Waals surface area contributed by atoms with Crippen molar-refractivity contribution in [3.63, 3.8) is 0 Å². The summed E-state index contributed by atoms with van der Waals surface area (Å²) in [7, 11) is 1.99. The Hall–Kier alpha value is -0.610. The van der Waals surface area contributed by atoms with Crippen LogP contribution < -0.4 is 5.32 Å². The van der Waals surface area contributed by atoms with Crippen LogP contribution in [0.4, 0.5) is 0 Å². The lowest BCUT2D eigenvalue weighted by Crippen LogP contribution is -2.46. The summed E-state index contributed by atoms with van der Waals surface area (Å²) in [5.41, 5.74) is 0. The summed E-state index contributed by atoms with van der Waals surface area (Å²) in [6, 6.07) is 1.09. The zero-order chi connectivity index (χ0) is 14.4. The zero-order valence-corrected chi connectivity index (χ0v) is 13.1. The maximum absolute atomic E-state index is 12.5. The Morgan fingerprint density at radius 2 is 2.00 bits per heavy atom. The van der Waals surface area contributed by atoms with Crippen molar-refractivity contribution < 1.29 is 9.53 Å². The molecule has 0 bridgehead atoms. The molecule has 116 valence electrons. The number of rotatable bonds is 5. The molecule has 1 unspecified atom stereocenters. The van der Waals surface area contributed by atoms with Gasteiger partial charge >= 0.3 is 0 Å². The van der Waals surface area contributed by atoms with Crippen molar-refractivity contribution in [2.45, 2.75) is 64.0 Å². The van der Waals surface area contributed by atoms with Crippen molar-refractivity contribution in [2.24, 2.45) is 5.92 Å². The molecule has 1 heterocycles. The molecule has 4 nitrogen and oxygen atoms in total. The van der Waals surface area contributed by atoms with Crippen molar-refractivity contribution >= 4 is 5.91 Å². The third-order valence-corrected chi connectivity index (χ3v) is 4.78. The molecule has 0 spiro atoms.